The van der Waals surface area contributed by atoms with Gasteiger partial charge in [-0.05, 0) is 38.0 Å². The summed E-state index contributed by atoms with van der Waals surface area (Å²) < 4.78 is 0. The van der Waals surface area contributed by atoms with Crippen LogP contribution in [0, 0.1) is 0 Å². The summed E-state index contributed by atoms with van der Waals surface area (Å²) >= 11 is 12.0. The number of nitrogens with one attached hydrogen (secondary N) is 1. The third-order valence-corrected chi connectivity index (χ3v) is 3.76. The van der Waals surface area contributed by atoms with Gasteiger partial charge in [-0.1, -0.05) is 30.1 Å². The summed E-state index contributed by atoms with van der Waals surface area (Å²) in [6.45, 7) is 6.22. The highest BCUT2D eigenvalue weighted by Gasteiger charge is 2.22. The summed E-state index contributed by atoms with van der Waals surface area (Å²) in [4.78, 5) is 0. The van der Waals surface area contributed by atoms with Crippen LogP contribution in [0.3, 0.4) is 0 Å². The van der Waals surface area contributed by atoms with Gasteiger partial charge in [0.25, 0.3) is 0 Å². The van der Waals surface area contributed by atoms with Crippen LogP contribution < -0.4 is 11.1 Å². The van der Waals surface area contributed by atoms with E-state index in [1.54, 1.807) is 12.1 Å². The molecule has 1 aromatic rings. The minimum atomic E-state index is -0.212. The molecule has 1 atom stereocenters. The van der Waals surface area contributed by atoms with Crippen LogP contribution in [0.1, 0.15) is 38.8 Å². The van der Waals surface area contributed by atoms with E-state index in [2.05, 4.69) is 26.1 Å². The number of rotatable bonds is 5. The first-order valence-electron chi connectivity index (χ1n) is 5.93. The molecule has 0 amide bonds. The van der Waals surface area contributed by atoms with Crippen molar-refractivity contribution in [1.29, 1.82) is 0 Å². The molecule has 1 aromatic carbocycles. The zero-order valence-corrected chi connectivity index (χ0v) is 12.4. The Bertz CT molecular complexity index is 398. The lowest BCUT2D eigenvalue weighted by molar-refractivity contribution is 0.209. The van der Waals surface area contributed by atoms with Crippen molar-refractivity contribution in [3.63, 3.8) is 0 Å². The van der Waals surface area contributed by atoms with Crippen molar-refractivity contribution < 1.29 is 5.11 Å². The molecule has 18 heavy (non-hydrogen) atoms. The summed E-state index contributed by atoms with van der Waals surface area (Å²) in [5.41, 5.74) is 6.83. The minimum absolute atomic E-state index is 0.0278. The molecule has 0 aliphatic heterocycles. The summed E-state index contributed by atoms with van der Waals surface area (Å²) in [5, 5.41) is 13.7. The Morgan fingerprint density at radius 2 is 1.83 bits per heavy atom. The molecular weight excluding hydrogens is 271 g/mol. The van der Waals surface area contributed by atoms with Gasteiger partial charge in [-0.25, -0.2) is 0 Å². The molecule has 1 rings (SSSR count). The van der Waals surface area contributed by atoms with Crippen LogP contribution in [0.4, 0.5) is 5.69 Å². The van der Waals surface area contributed by atoms with Gasteiger partial charge >= 0.3 is 0 Å². The molecule has 0 aromatic heterocycles. The number of aliphatic hydroxyl groups is 1. The molecule has 4 N–H and O–H groups in total. The first kappa shape index (κ1) is 15.6. The Balaban J connectivity index is 3.03. The quantitative estimate of drug-likeness (QED) is 0.729. The normalized spacial score (nSPS) is 13.7. The number of hydrogen-bond donors (Lipinski definition) is 3. The highest BCUT2D eigenvalue weighted by molar-refractivity contribution is 6.38. The van der Waals surface area contributed by atoms with Gasteiger partial charge in [-0.3, -0.25) is 0 Å². The van der Waals surface area contributed by atoms with Crippen LogP contribution in [0.25, 0.3) is 0 Å². The lowest BCUT2D eigenvalue weighted by Crippen LogP contribution is -2.42. The van der Waals surface area contributed by atoms with Gasteiger partial charge < -0.3 is 16.2 Å². The molecule has 3 nitrogen and oxygen atoms in total. The second kappa shape index (κ2) is 6.11. The van der Waals surface area contributed by atoms with Gasteiger partial charge in [0.05, 0.1) is 28.4 Å². The first-order valence-corrected chi connectivity index (χ1v) is 6.69. The monoisotopic (exact) mass is 290 g/mol. The summed E-state index contributed by atoms with van der Waals surface area (Å²) in [6.07, 6.45) is 0.944. The SMILES string of the molecule is CCC(C)(C)NC(CO)c1cc(Cl)c(N)c(Cl)c1. The highest BCUT2D eigenvalue weighted by Crippen LogP contribution is 2.31. The van der Waals surface area contributed by atoms with Crippen LogP contribution in [-0.2, 0) is 0 Å². The van der Waals surface area contributed by atoms with Crippen molar-refractivity contribution in [2.45, 2.75) is 38.8 Å². The maximum absolute atomic E-state index is 9.51. The Kier molecular flexibility index (Phi) is 5.29. The number of nitrogens with two attached hydrogens (primary N) is 1. The van der Waals surface area contributed by atoms with Crippen molar-refractivity contribution in [3.8, 4) is 0 Å². The van der Waals surface area contributed by atoms with Gasteiger partial charge in [-0.2, -0.15) is 0 Å². The third kappa shape index (κ3) is 3.75. The van der Waals surface area contributed by atoms with Crippen LogP contribution >= 0.6 is 23.2 Å². The lowest BCUT2D eigenvalue weighted by atomic mass is 9.98. The Morgan fingerprint density at radius 1 is 1.33 bits per heavy atom. The molecule has 0 saturated heterocycles. The molecule has 0 fully saturated rings. The average Bonchev–Trinajstić information content (AvgIpc) is 2.32. The van der Waals surface area contributed by atoms with Crippen molar-refractivity contribution >= 4 is 28.9 Å². The largest absolute Gasteiger partial charge is 0.396 e. The molecule has 0 heterocycles. The Labute approximate surface area is 118 Å². The first-order chi connectivity index (χ1) is 8.30. The van der Waals surface area contributed by atoms with E-state index in [0.717, 1.165) is 12.0 Å². The number of aliphatic hydroxyl groups excluding tert-OH is 1. The Hall–Kier alpha value is -0.480. The Morgan fingerprint density at radius 3 is 2.22 bits per heavy atom. The zero-order chi connectivity index (χ0) is 13.9. The highest BCUT2D eigenvalue weighted by atomic mass is 35.5. The third-order valence-electron chi connectivity index (χ3n) is 3.14. The maximum Gasteiger partial charge on any atom is 0.0693 e. The van der Waals surface area contributed by atoms with Crippen molar-refractivity contribution in [3.05, 3.63) is 27.7 Å². The predicted molar refractivity (Wildman–Crippen MR) is 78.2 cm³/mol. The van der Waals surface area contributed by atoms with E-state index in [4.69, 9.17) is 28.9 Å². The van der Waals surface area contributed by atoms with Gasteiger partial charge in [-0.15, -0.1) is 0 Å². The average molecular weight is 291 g/mol. The fraction of sp³-hybridized carbons (Fsp3) is 0.538. The maximum atomic E-state index is 9.51. The molecular formula is C13H20Cl2N2O. The molecule has 5 heteroatoms. The molecule has 0 radical (unpaired) electrons. The number of hydrogen-bond acceptors (Lipinski definition) is 3. The lowest BCUT2D eigenvalue weighted by Gasteiger charge is -2.30. The van der Waals surface area contributed by atoms with E-state index in [0.29, 0.717) is 15.7 Å². The van der Waals surface area contributed by atoms with Gasteiger partial charge in [0, 0.05) is 5.54 Å². The van der Waals surface area contributed by atoms with Crippen molar-refractivity contribution in [2.75, 3.05) is 12.3 Å². The van der Waals surface area contributed by atoms with E-state index < -0.39 is 0 Å². The minimum Gasteiger partial charge on any atom is -0.396 e. The van der Waals surface area contributed by atoms with Crippen LogP contribution in [-0.4, -0.2) is 17.3 Å². The molecule has 0 spiro atoms. The van der Waals surface area contributed by atoms with Gasteiger partial charge in [0.1, 0.15) is 0 Å². The van der Waals surface area contributed by atoms with Crippen molar-refractivity contribution in [2.24, 2.45) is 0 Å². The molecule has 102 valence electrons. The number of halogens is 2. The zero-order valence-electron chi connectivity index (χ0n) is 10.9. The fourth-order valence-corrected chi connectivity index (χ4v) is 2.12. The molecule has 0 bridgehead atoms. The topological polar surface area (TPSA) is 58.3 Å². The standard InChI is InChI=1S/C13H20Cl2N2O/c1-4-13(2,3)17-11(7-18)8-5-9(14)12(16)10(15)6-8/h5-6,11,17-18H,4,7,16H2,1-3H3. The van der Waals surface area contributed by atoms with E-state index in [1.807, 2.05) is 0 Å². The second-order valence-corrected chi connectivity index (χ2v) is 5.83. The van der Waals surface area contributed by atoms with Crippen molar-refractivity contribution in [1.82, 2.24) is 5.32 Å². The number of anilines is 1. The summed E-state index contributed by atoms with van der Waals surface area (Å²) in [5.74, 6) is 0. The van der Waals surface area contributed by atoms with Crippen LogP contribution in [0.5, 0.6) is 0 Å². The van der Waals surface area contributed by atoms with E-state index in [1.165, 1.54) is 0 Å². The van der Waals surface area contributed by atoms with E-state index in [9.17, 15) is 5.11 Å². The summed E-state index contributed by atoms with van der Waals surface area (Å²) in [6, 6.07) is 3.26. The smallest absolute Gasteiger partial charge is 0.0693 e. The predicted octanol–water partition coefficient (Wildman–Crippen LogP) is 3.39. The van der Waals surface area contributed by atoms with E-state index in [-0.39, 0.29) is 18.2 Å². The second-order valence-electron chi connectivity index (χ2n) is 5.02. The van der Waals surface area contributed by atoms with Gasteiger partial charge in [0.2, 0.25) is 0 Å². The fourth-order valence-electron chi connectivity index (χ4n) is 1.61. The summed E-state index contributed by atoms with van der Waals surface area (Å²) in [7, 11) is 0. The van der Waals surface area contributed by atoms with E-state index >= 15 is 0 Å². The molecule has 1 unspecified atom stereocenters. The van der Waals surface area contributed by atoms with Crippen LogP contribution in [0.2, 0.25) is 10.0 Å². The molecule has 0 aliphatic rings. The molecule has 0 saturated carbocycles. The number of nitrogen functional groups attached to an aromatic ring is 1. The molecule has 0 aliphatic carbocycles. The van der Waals surface area contributed by atoms with Crippen LogP contribution in [0.15, 0.2) is 12.1 Å². The van der Waals surface area contributed by atoms with Gasteiger partial charge in [0.15, 0.2) is 0 Å². The number of benzene rings is 1.